The Bertz CT molecular complexity index is 705. The highest BCUT2D eigenvalue weighted by Gasteiger charge is 2.19. The van der Waals surface area contributed by atoms with Gasteiger partial charge < -0.3 is 14.2 Å². The van der Waals surface area contributed by atoms with Crippen LogP contribution in [0.25, 0.3) is 0 Å². The molecule has 7 heteroatoms. The standard InChI is InChI=1S/C15H15N3O4/c1-9-5-6-16-15(17-9)18-14(19)10(2)22-11-3-4-12-13(7-11)21-8-20-12/h3-7,10H,8H2,1-2H3,(H,16,17,18,19). The van der Waals surface area contributed by atoms with Crippen molar-refractivity contribution in [3.8, 4) is 17.2 Å². The van der Waals surface area contributed by atoms with E-state index in [0.717, 1.165) is 5.69 Å². The molecule has 1 amide bonds. The normalized spacial score (nSPS) is 13.5. The Morgan fingerprint density at radius 1 is 1.32 bits per heavy atom. The maximum Gasteiger partial charge on any atom is 0.267 e. The molecule has 1 aliphatic rings. The zero-order valence-corrected chi connectivity index (χ0v) is 12.2. The van der Waals surface area contributed by atoms with E-state index in [1.807, 2.05) is 6.92 Å². The van der Waals surface area contributed by atoms with E-state index in [2.05, 4.69) is 15.3 Å². The van der Waals surface area contributed by atoms with Crippen molar-refractivity contribution in [1.29, 1.82) is 0 Å². The van der Waals surface area contributed by atoms with Gasteiger partial charge in [0, 0.05) is 18.0 Å². The van der Waals surface area contributed by atoms with Crippen molar-refractivity contribution < 1.29 is 19.0 Å². The smallest absolute Gasteiger partial charge is 0.267 e. The second-order valence-corrected chi connectivity index (χ2v) is 4.79. The zero-order valence-electron chi connectivity index (χ0n) is 12.2. The minimum atomic E-state index is -0.704. The summed E-state index contributed by atoms with van der Waals surface area (Å²) in [7, 11) is 0. The lowest BCUT2D eigenvalue weighted by atomic mass is 10.3. The summed E-state index contributed by atoms with van der Waals surface area (Å²) in [6.07, 6.45) is 0.880. The summed E-state index contributed by atoms with van der Waals surface area (Å²) in [5.74, 6) is 1.72. The molecular formula is C15H15N3O4. The molecule has 3 rings (SSSR count). The van der Waals surface area contributed by atoms with Crippen LogP contribution in [0, 0.1) is 6.92 Å². The molecule has 22 heavy (non-hydrogen) atoms. The topological polar surface area (TPSA) is 82.6 Å². The predicted molar refractivity (Wildman–Crippen MR) is 78.1 cm³/mol. The van der Waals surface area contributed by atoms with Gasteiger partial charge in [0.05, 0.1) is 0 Å². The van der Waals surface area contributed by atoms with E-state index in [9.17, 15) is 4.79 Å². The summed E-state index contributed by atoms with van der Waals surface area (Å²) in [4.78, 5) is 20.2. The van der Waals surface area contributed by atoms with Gasteiger partial charge in [0.15, 0.2) is 17.6 Å². The van der Waals surface area contributed by atoms with Crippen LogP contribution in [0.5, 0.6) is 17.2 Å². The molecule has 1 atom stereocenters. The molecule has 0 aliphatic carbocycles. The molecule has 0 bridgehead atoms. The largest absolute Gasteiger partial charge is 0.481 e. The summed E-state index contributed by atoms with van der Waals surface area (Å²) < 4.78 is 16.1. The third-order valence-electron chi connectivity index (χ3n) is 3.06. The number of carbonyl (C=O) groups excluding carboxylic acids is 1. The molecule has 0 saturated carbocycles. The van der Waals surface area contributed by atoms with Gasteiger partial charge in [-0.05, 0) is 32.0 Å². The predicted octanol–water partition coefficient (Wildman–Crippen LogP) is 1.92. The summed E-state index contributed by atoms with van der Waals surface area (Å²) in [5, 5.41) is 2.61. The minimum absolute atomic E-state index is 0.194. The van der Waals surface area contributed by atoms with Gasteiger partial charge in [-0.1, -0.05) is 0 Å². The van der Waals surface area contributed by atoms with Gasteiger partial charge in [0.2, 0.25) is 12.7 Å². The van der Waals surface area contributed by atoms with Gasteiger partial charge in [-0.15, -0.1) is 0 Å². The third-order valence-corrected chi connectivity index (χ3v) is 3.06. The highest BCUT2D eigenvalue weighted by molar-refractivity contribution is 5.92. The molecule has 0 saturated heterocycles. The maximum absolute atomic E-state index is 12.1. The van der Waals surface area contributed by atoms with E-state index >= 15 is 0 Å². The van der Waals surface area contributed by atoms with Crippen LogP contribution in [0.1, 0.15) is 12.6 Å². The molecule has 0 radical (unpaired) electrons. The average molecular weight is 301 g/mol. The number of nitrogens with zero attached hydrogens (tertiary/aromatic N) is 2. The van der Waals surface area contributed by atoms with Crippen molar-refractivity contribution in [3.05, 3.63) is 36.2 Å². The number of ether oxygens (including phenoxy) is 3. The SMILES string of the molecule is Cc1ccnc(NC(=O)C(C)Oc2ccc3c(c2)OCO3)n1. The minimum Gasteiger partial charge on any atom is -0.481 e. The molecule has 2 heterocycles. The molecule has 1 N–H and O–H groups in total. The van der Waals surface area contributed by atoms with E-state index in [0.29, 0.717) is 17.2 Å². The number of aromatic nitrogens is 2. The Labute approximate surface area is 127 Å². The monoisotopic (exact) mass is 301 g/mol. The molecular weight excluding hydrogens is 286 g/mol. The van der Waals surface area contributed by atoms with Crippen LogP contribution in [-0.2, 0) is 4.79 Å². The van der Waals surface area contributed by atoms with Crippen LogP contribution in [-0.4, -0.2) is 28.8 Å². The van der Waals surface area contributed by atoms with Crippen molar-refractivity contribution in [1.82, 2.24) is 9.97 Å². The van der Waals surface area contributed by atoms with Crippen LogP contribution in [0.2, 0.25) is 0 Å². The summed E-state index contributed by atoms with van der Waals surface area (Å²) in [5.41, 5.74) is 0.773. The third kappa shape index (κ3) is 3.08. The fraction of sp³-hybridized carbons (Fsp3) is 0.267. The van der Waals surface area contributed by atoms with Crippen LogP contribution in [0.15, 0.2) is 30.5 Å². The molecule has 1 aliphatic heterocycles. The number of hydrogen-bond acceptors (Lipinski definition) is 6. The van der Waals surface area contributed by atoms with E-state index in [1.165, 1.54) is 0 Å². The number of carbonyl (C=O) groups is 1. The van der Waals surface area contributed by atoms with Gasteiger partial charge >= 0.3 is 0 Å². The molecule has 2 aromatic rings. The van der Waals surface area contributed by atoms with Crippen LogP contribution >= 0.6 is 0 Å². The Morgan fingerprint density at radius 3 is 2.95 bits per heavy atom. The first-order valence-electron chi connectivity index (χ1n) is 6.78. The maximum atomic E-state index is 12.1. The second kappa shape index (κ2) is 5.88. The number of hydrogen-bond donors (Lipinski definition) is 1. The van der Waals surface area contributed by atoms with Gasteiger partial charge in [0.25, 0.3) is 5.91 Å². The quantitative estimate of drug-likeness (QED) is 0.929. The number of aryl methyl sites for hydroxylation is 1. The second-order valence-electron chi connectivity index (χ2n) is 4.79. The lowest BCUT2D eigenvalue weighted by molar-refractivity contribution is -0.122. The summed E-state index contributed by atoms with van der Waals surface area (Å²) >= 11 is 0. The fourth-order valence-electron chi connectivity index (χ4n) is 1.93. The Balaban J connectivity index is 1.63. The van der Waals surface area contributed by atoms with Crippen molar-refractivity contribution >= 4 is 11.9 Å². The van der Waals surface area contributed by atoms with Crippen LogP contribution in [0.3, 0.4) is 0 Å². The van der Waals surface area contributed by atoms with E-state index < -0.39 is 6.10 Å². The van der Waals surface area contributed by atoms with Gasteiger partial charge in [-0.2, -0.15) is 0 Å². The highest BCUT2D eigenvalue weighted by atomic mass is 16.7. The van der Waals surface area contributed by atoms with Gasteiger partial charge in [-0.25, -0.2) is 9.97 Å². The number of amides is 1. The zero-order chi connectivity index (χ0) is 15.5. The molecule has 0 fully saturated rings. The van der Waals surface area contributed by atoms with Crippen molar-refractivity contribution in [2.45, 2.75) is 20.0 Å². The number of benzene rings is 1. The summed E-state index contributed by atoms with van der Waals surface area (Å²) in [6.45, 7) is 3.67. The lowest BCUT2D eigenvalue weighted by Gasteiger charge is -2.14. The lowest BCUT2D eigenvalue weighted by Crippen LogP contribution is -2.30. The first kappa shape index (κ1) is 14.1. The van der Waals surface area contributed by atoms with Gasteiger partial charge in [0.1, 0.15) is 5.75 Å². The Morgan fingerprint density at radius 2 is 2.14 bits per heavy atom. The van der Waals surface area contributed by atoms with Crippen molar-refractivity contribution in [2.75, 3.05) is 12.1 Å². The van der Waals surface area contributed by atoms with Crippen LogP contribution < -0.4 is 19.5 Å². The molecule has 7 nitrogen and oxygen atoms in total. The number of anilines is 1. The fourth-order valence-corrected chi connectivity index (χ4v) is 1.93. The molecule has 1 aromatic carbocycles. The molecule has 114 valence electrons. The number of fused-ring (bicyclic) bond motifs is 1. The Kier molecular flexibility index (Phi) is 3.78. The average Bonchev–Trinajstić information content (AvgIpc) is 2.94. The Hall–Kier alpha value is -2.83. The number of rotatable bonds is 4. The van der Waals surface area contributed by atoms with E-state index in [4.69, 9.17) is 14.2 Å². The van der Waals surface area contributed by atoms with Gasteiger partial charge in [-0.3, -0.25) is 10.1 Å². The van der Waals surface area contributed by atoms with E-state index in [-0.39, 0.29) is 18.6 Å². The van der Waals surface area contributed by atoms with Crippen LogP contribution in [0.4, 0.5) is 5.95 Å². The molecule has 0 spiro atoms. The first-order valence-corrected chi connectivity index (χ1v) is 6.78. The van der Waals surface area contributed by atoms with E-state index in [1.54, 1.807) is 37.4 Å². The molecule has 1 unspecified atom stereocenters. The number of nitrogens with one attached hydrogen (secondary N) is 1. The molecule has 1 aromatic heterocycles. The summed E-state index contributed by atoms with van der Waals surface area (Å²) in [6, 6.07) is 6.91. The van der Waals surface area contributed by atoms with Crippen molar-refractivity contribution in [2.24, 2.45) is 0 Å². The highest BCUT2D eigenvalue weighted by Crippen LogP contribution is 2.35. The van der Waals surface area contributed by atoms with Crippen molar-refractivity contribution in [3.63, 3.8) is 0 Å². The first-order chi connectivity index (χ1) is 10.6.